The summed E-state index contributed by atoms with van der Waals surface area (Å²) in [5.74, 6) is -3.53. The molecule has 0 saturated heterocycles. The number of amides is 1. The van der Waals surface area contributed by atoms with Crippen LogP contribution in [0.25, 0.3) is 0 Å². The van der Waals surface area contributed by atoms with E-state index >= 15 is 0 Å². The minimum Gasteiger partial charge on any atom is -0.349 e. The van der Waals surface area contributed by atoms with Crippen molar-refractivity contribution in [3.63, 3.8) is 0 Å². The number of carbonyl (C=O) groups excluding carboxylic acids is 1. The van der Waals surface area contributed by atoms with Crippen molar-refractivity contribution in [2.45, 2.75) is 18.9 Å². The van der Waals surface area contributed by atoms with Gasteiger partial charge in [0.15, 0.2) is 11.6 Å². The van der Waals surface area contributed by atoms with Crippen LogP contribution in [0.15, 0.2) is 36.5 Å². The standard InChI is InChI=1S/C21H18ClF3N6O3S/c1-35(33,34)31-18-15(25)7-11(23)8-17(18)28-19-13(22)9-26-21(30-19)29-16-6-10(2-5-14(16)24)20(32)27-12-3-4-12/h2,5-9,12,31H,3-4H2,1H3,(H,27,32)(H2,26,28,29,30). The maximum Gasteiger partial charge on any atom is 0.251 e. The lowest BCUT2D eigenvalue weighted by Gasteiger charge is -2.15. The molecule has 0 radical (unpaired) electrons. The Morgan fingerprint density at radius 2 is 1.80 bits per heavy atom. The summed E-state index contributed by atoms with van der Waals surface area (Å²) in [6.07, 6.45) is 3.72. The fourth-order valence-electron chi connectivity index (χ4n) is 2.98. The molecule has 1 heterocycles. The third kappa shape index (κ3) is 6.31. The molecule has 0 spiro atoms. The number of carbonyl (C=O) groups is 1. The van der Waals surface area contributed by atoms with Gasteiger partial charge < -0.3 is 16.0 Å². The number of rotatable bonds is 8. The van der Waals surface area contributed by atoms with Gasteiger partial charge in [-0.2, -0.15) is 4.98 Å². The SMILES string of the molecule is CS(=O)(=O)Nc1c(F)cc(F)cc1Nc1nc(Nc2cc(C(=O)NC3CC3)ccc2F)ncc1Cl. The summed E-state index contributed by atoms with van der Waals surface area (Å²) in [7, 11) is -3.91. The van der Waals surface area contributed by atoms with Gasteiger partial charge >= 0.3 is 0 Å². The minimum absolute atomic E-state index is 0.0800. The van der Waals surface area contributed by atoms with Gasteiger partial charge in [-0.15, -0.1) is 0 Å². The molecule has 184 valence electrons. The van der Waals surface area contributed by atoms with Crippen molar-refractivity contribution in [1.29, 1.82) is 0 Å². The summed E-state index contributed by atoms with van der Waals surface area (Å²) in [6.45, 7) is 0. The van der Waals surface area contributed by atoms with Gasteiger partial charge in [0.25, 0.3) is 5.91 Å². The highest BCUT2D eigenvalue weighted by atomic mass is 35.5. The molecule has 14 heteroatoms. The van der Waals surface area contributed by atoms with Crippen LogP contribution in [-0.4, -0.2) is 36.6 Å². The Labute approximate surface area is 203 Å². The number of aromatic nitrogens is 2. The number of anilines is 5. The molecule has 4 rings (SSSR count). The molecule has 4 N–H and O–H groups in total. The van der Waals surface area contributed by atoms with Gasteiger partial charge in [-0.1, -0.05) is 11.6 Å². The molecule has 1 fully saturated rings. The van der Waals surface area contributed by atoms with E-state index in [1.807, 2.05) is 4.72 Å². The Kier molecular flexibility index (Phi) is 6.72. The third-order valence-electron chi connectivity index (χ3n) is 4.73. The van der Waals surface area contributed by atoms with E-state index in [0.717, 1.165) is 37.4 Å². The van der Waals surface area contributed by atoms with Crippen molar-refractivity contribution in [2.75, 3.05) is 21.6 Å². The number of halogens is 4. The second kappa shape index (κ2) is 9.58. The first-order valence-corrected chi connectivity index (χ1v) is 12.4. The molecule has 1 aromatic heterocycles. The highest BCUT2D eigenvalue weighted by molar-refractivity contribution is 7.92. The molecule has 0 unspecified atom stereocenters. The molecule has 9 nitrogen and oxygen atoms in total. The summed E-state index contributed by atoms with van der Waals surface area (Å²) < 4.78 is 67.7. The highest BCUT2D eigenvalue weighted by Crippen LogP contribution is 2.33. The molecule has 1 amide bonds. The number of nitrogens with zero attached hydrogens (tertiary/aromatic N) is 2. The van der Waals surface area contributed by atoms with Crippen molar-refractivity contribution in [3.8, 4) is 0 Å². The maximum absolute atomic E-state index is 14.4. The first-order valence-electron chi connectivity index (χ1n) is 10.1. The summed E-state index contributed by atoms with van der Waals surface area (Å²) in [6, 6.07) is 5.19. The zero-order valence-electron chi connectivity index (χ0n) is 18.0. The molecule has 1 aliphatic rings. The number of hydrogen-bond donors (Lipinski definition) is 4. The fourth-order valence-corrected chi connectivity index (χ4v) is 3.70. The van der Waals surface area contributed by atoms with Crippen LogP contribution in [0.4, 0.5) is 42.0 Å². The van der Waals surface area contributed by atoms with Gasteiger partial charge in [-0.3, -0.25) is 9.52 Å². The first-order chi connectivity index (χ1) is 16.5. The Bertz CT molecular complexity index is 1420. The zero-order valence-corrected chi connectivity index (χ0v) is 19.6. The van der Waals surface area contributed by atoms with E-state index in [0.29, 0.717) is 6.07 Å². The lowest BCUT2D eigenvalue weighted by atomic mass is 10.1. The normalized spacial score (nSPS) is 13.3. The molecule has 2 aromatic carbocycles. The Morgan fingerprint density at radius 1 is 1.06 bits per heavy atom. The van der Waals surface area contributed by atoms with Crippen LogP contribution in [0.1, 0.15) is 23.2 Å². The van der Waals surface area contributed by atoms with Crippen molar-refractivity contribution in [2.24, 2.45) is 0 Å². The van der Waals surface area contributed by atoms with E-state index in [4.69, 9.17) is 11.6 Å². The van der Waals surface area contributed by atoms with Crippen molar-refractivity contribution < 1.29 is 26.4 Å². The predicted octanol–water partition coefficient (Wildman–Crippen LogP) is 4.30. The van der Waals surface area contributed by atoms with Gasteiger partial charge in [-0.25, -0.2) is 26.6 Å². The summed E-state index contributed by atoms with van der Waals surface area (Å²) >= 11 is 6.10. The zero-order chi connectivity index (χ0) is 25.3. The molecular formula is C21H18ClF3N6O3S. The van der Waals surface area contributed by atoms with Crippen LogP contribution in [0.2, 0.25) is 5.02 Å². The predicted molar refractivity (Wildman–Crippen MR) is 125 cm³/mol. The van der Waals surface area contributed by atoms with E-state index in [1.165, 1.54) is 12.1 Å². The lowest BCUT2D eigenvalue weighted by Crippen LogP contribution is -2.25. The topological polar surface area (TPSA) is 125 Å². The molecule has 1 aliphatic carbocycles. The quantitative estimate of drug-likeness (QED) is 0.345. The smallest absolute Gasteiger partial charge is 0.251 e. The Morgan fingerprint density at radius 3 is 2.49 bits per heavy atom. The van der Waals surface area contributed by atoms with Gasteiger partial charge in [-0.05, 0) is 37.1 Å². The highest BCUT2D eigenvalue weighted by Gasteiger charge is 2.24. The molecule has 35 heavy (non-hydrogen) atoms. The second-order valence-corrected chi connectivity index (χ2v) is 9.92. The molecule has 0 bridgehead atoms. The van der Waals surface area contributed by atoms with Gasteiger partial charge in [0.1, 0.15) is 22.3 Å². The van der Waals surface area contributed by atoms with Gasteiger partial charge in [0.2, 0.25) is 16.0 Å². The Balaban J connectivity index is 1.62. The average molecular weight is 527 g/mol. The van der Waals surface area contributed by atoms with E-state index < -0.39 is 33.2 Å². The number of sulfonamides is 1. The van der Waals surface area contributed by atoms with Gasteiger partial charge in [0, 0.05) is 17.7 Å². The monoisotopic (exact) mass is 526 g/mol. The van der Waals surface area contributed by atoms with Crippen LogP contribution in [0, 0.1) is 17.5 Å². The molecular weight excluding hydrogens is 509 g/mol. The van der Waals surface area contributed by atoms with Crippen molar-refractivity contribution >= 4 is 56.4 Å². The number of hydrogen-bond acceptors (Lipinski definition) is 7. The second-order valence-electron chi connectivity index (χ2n) is 7.77. The van der Waals surface area contributed by atoms with Crippen LogP contribution in [0.3, 0.4) is 0 Å². The summed E-state index contributed by atoms with van der Waals surface area (Å²) in [5, 5.41) is 7.90. The van der Waals surface area contributed by atoms with E-state index in [-0.39, 0.29) is 45.7 Å². The largest absolute Gasteiger partial charge is 0.349 e. The third-order valence-corrected chi connectivity index (χ3v) is 5.58. The lowest BCUT2D eigenvalue weighted by molar-refractivity contribution is 0.0951. The summed E-state index contributed by atoms with van der Waals surface area (Å²) in [5.41, 5.74) is -0.749. The maximum atomic E-state index is 14.4. The number of nitrogens with one attached hydrogen (secondary N) is 4. The van der Waals surface area contributed by atoms with E-state index in [2.05, 4.69) is 25.9 Å². The van der Waals surface area contributed by atoms with E-state index in [9.17, 15) is 26.4 Å². The van der Waals surface area contributed by atoms with Crippen LogP contribution < -0.4 is 20.7 Å². The van der Waals surface area contributed by atoms with Gasteiger partial charge in [0.05, 0.1) is 23.8 Å². The first kappa shape index (κ1) is 24.5. The number of benzene rings is 2. The fraction of sp³-hybridized carbons (Fsp3) is 0.190. The Hall–Kier alpha value is -3.58. The molecule has 3 aromatic rings. The average Bonchev–Trinajstić information content (AvgIpc) is 3.57. The molecule has 0 atom stereocenters. The van der Waals surface area contributed by atoms with Crippen molar-refractivity contribution in [1.82, 2.24) is 15.3 Å². The molecule has 1 saturated carbocycles. The van der Waals surface area contributed by atoms with E-state index in [1.54, 1.807) is 0 Å². The van der Waals surface area contributed by atoms with Crippen LogP contribution in [0.5, 0.6) is 0 Å². The van der Waals surface area contributed by atoms with Crippen LogP contribution >= 0.6 is 11.6 Å². The summed E-state index contributed by atoms with van der Waals surface area (Å²) in [4.78, 5) is 20.3. The van der Waals surface area contributed by atoms with Crippen molar-refractivity contribution in [3.05, 3.63) is 64.6 Å². The minimum atomic E-state index is -3.91. The van der Waals surface area contributed by atoms with Crippen LogP contribution in [-0.2, 0) is 10.0 Å². The molecule has 0 aliphatic heterocycles.